The molecule has 1 saturated heterocycles. The first kappa shape index (κ1) is 40.3. The van der Waals surface area contributed by atoms with Crippen LogP contribution in [0.3, 0.4) is 0 Å². The van der Waals surface area contributed by atoms with Gasteiger partial charge in [0.05, 0.1) is 17.9 Å². The lowest BCUT2D eigenvalue weighted by atomic mass is 9.88. The minimum absolute atomic E-state index is 0.0178. The number of nitrogens with one attached hydrogen (secondary N) is 3. The van der Waals surface area contributed by atoms with Gasteiger partial charge in [0, 0.05) is 23.9 Å². The number of benzene rings is 1. The Morgan fingerprint density at radius 2 is 1.85 bits per heavy atom. The summed E-state index contributed by atoms with van der Waals surface area (Å²) in [5.41, 5.74) is -2.35. The monoisotopic (exact) mass is 781 g/mol. The van der Waals surface area contributed by atoms with Crippen molar-refractivity contribution in [3.8, 4) is 11.6 Å². The van der Waals surface area contributed by atoms with E-state index in [-0.39, 0.29) is 31.2 Å². The summed E-state index contributed by atoms with van der Waals surface area (Å²) in [5, 5.41) is 7.26. The number of hydrogen-bond donors (Lipinski definition) is 3. The number of hydrogen-bond acceptors (Lipinski definition) is 10. The van der Waals surface area contributed by atoms with Gasteiger partial charge >= 0.3 is 6.09 Å². The number of carbonyl (C=O) groups excluding carboxylic acids is 4. The third-order valence-corrected chi connectivity index (χ3v) is 13.4. The van der Waals surface area contributed by atoms with E-state index >= 15 is 0 Å². The molecule has 1 aromatic carbocycles. The van der Waals surface area contributed by atoms with Gasteiger partial charge in [-0.05, 0) is 115 Å². The summed E-state index contributed by atoms with van der Waals surface area (Å²) in [7, 11) is -4.00. The molecule has 3 heterocycles. The van der Waals surface area contributed by atoms with Crippen LogP contribution in [0.5, 0.6) is 11.6 Å². The van der Waals surface area contributed by atoms with Crippen molar-refractivity contribution in [3.05, 3.63) is 42.6 Å². The Balaban J connectivity index is 1.34. The first-order valence-corrected chi connectivity index (χ1v) is 20.9. The van der Waals surface area contributed by atoms with Gasteiger partial charge in [0.2, 0.25) is 27.7 Å². The SMILES string of the molecule is CCOc1ccc2c(O[C@@H]3C[C@H]4C(=O)N[C@]5(C(=O)NS(=O)(=O)C6(C)CC6)C[C@H]5/C=C\CC[C@@H](C)C[C@@H](C)[C@H](NC(=O)OC(C)(C)C)C(=O)N4C3)nccc2c1. The zero-order chi connectivity index (χ0) is 39.9. The van der Waals surface area contributed by atoms with Crippen molar-refractivity contribution in [1.82, 2.24) is 25.2 Å². The fraction of sp³-hybridized carbons (Fsp3) is 0.625. The van der Waals surface area contributed by atoms with Gasteiger partial charge in [0.15, 0.2) is 0 Å². The summed E-state index contributed by atoms with van der Waals surface area (Å²) in [5.74, 6) is -1.54. The fourth-order valence-corrected chi connectivity index (χ4v) is 8.98. The Bertz CT molecular complexity index is 1960. The third-order valence-electron chi connectivity index (χ3n) is 11.2. The molecule has 2 aromatic rings. The highest BCUT2D eigenvalue weighted by Gasteiger charge is 2.63. The first-order chi connectivity index (χ1) is 25.8. The number of carbonyl (C=O) groups is 4. The molecule has 2 aliphatic heterocycles. The normalized spacial score (nSPS) is 30.1. The predicted molar refractivity (Wildman–Crippen MR) is 206 cm³/mol. The van der Waals surface area contributed by atoms with Gasteiger partial charge < -0.3 is 29.7 Å². The van der Waals surface area contributed by atoms with Crippen LogP contribution in [0.15, 0.2) is 42.6 Å². The van der Waals surface area contributed by atoms with E-state index < -0.39 is 73.8 Å². The number of sulfonamides is 1. The van der Waals surface area contributed by atoms with Crippen molar-refractivity contribution in [2.45, 2.75) is 127 Å². The average molecular weight is 782 g/mol. The highest BCUT2D eigenvalue weighted by molar-refractivity contribution is 7.91. The van der Waals surface area contributed by atoms with Crippen LogP contribution in [0, 0.1) is 17.8 Å². The molecule has 2 aliphatic carbocycles. The standard InChI is InChI=1S/C40H55N5O9S/c1-8-52-28-13-14-30-26(20-28)15-18-41-34(30)53-29-21-31-33(46)43-40(36(48)44-55(50,51)39(7)16-17-39)22-27(40)12-10-9-11-24(2)19-25(3)32(35(47)45(31)23-29)42-37(49)54-38(4,5)6/h10,12-15,18,20,24-25,27,29,31-32H,8-9,11,16-17,19,21-23H2,1-7H3,(H,42,49)(H,43,46)(H,44,48)/b12-10-/t24-,25-,27-,29-,31+,32+,40-/m1/s1. The van der Waals surface area contributed by atoms with E-state index in [4.69, 9.17) is 14.2 Å². The van der Waals surface area contributed by atoms with Crippen molar-refractivity contribution in [1.29, 1.82) is 0 Å². The largest absolute Gasteiger partial charge is 0.494 e. The van der Waals surface area contributed by atoms with Crippen molar-refractivity contribution in [3.63, 3.8) is 0 Å². The summed E-state index contributed by atoms with van der Waals surface area (Å²) in [6, 6.07) is 5.21. The lowest BCUT2D eigenvalue weighted by Gasteiger charge is -2.33. The number of rotatable bonds is 8. The van der Waals surface area contributed by atoms with Gasteiger partial charge in [-0.1, -0.05) is 26.0 Å². The number of aromatic nitrogens is 1. The molecule has 55 heavy (non-hydrogen) atoms. The number of pyridine rings is 1. The summed E-state index contributed by atoms with van der Waals surface area (Å²) >= 11 is 0. The lowest BCUT2D eigenvalue weighted by Crippen LogP contribution is -2.59. The number of alkyl carbamates (subject to hydrolysis) is 1. The summed E-state index contributed by atoms with van der Waals surface area (Å²) in [6.45, 7) is 13.2. The van der Waals surface area contributed by atoms with E-state index in [1.807, 2.05) is 50.3 Å². The number of fused-ring (bicyclic) bond motifs is 3. The Morgan fingerprint density at radius 1 is 1.11 bits per heavy atom. The van der Waals surface area contributed by atoms with Gasteiger partial charge in [-0.15, -0.1) is 0 Å². The zero-order valence-corrected chi connectivity index (χ0v) is 33.7. The minimum atomic E-state index is -4.00. The summed E-state index contributed by atoms with van der Waals surface area (Å²) < 4.78 is 45.3. The van der Waals surface area contributed by atoms with Crippen LogP contribution in [0.25, 0.3) is 10.8 Å². The van der Waals surface area contributed by atoms with Gasteiger partial charge in [0.1, 0.15) is 35.1 Å². The van der Waals surface area contributed by atoms with E-state index in [0.29, 0.717) is 49.3 Å². The lowest BCUT2D eigenvalue weighted by molar-refractivity contribution is -0.142. The van der Waals surface area contributed by atoms with E-state index in [2.05, 4.69) is 27.3 Å². The number of nitrogens with zero attached hydrogens (tertiary/aromatic N) is 2. The van der Waals surface area contributed by atoms with Crippen molar-refractivity contribution < 1.29 is 41.8 Å². The Morgan fingerprint density at radius 3 is 2.55 bits per heavy atom. The molecule has 3 fully saturated rings. The van der Waals surface area contributed by atoms with Crippen LogP contribution in [-0.2, 0) is 29.1 Å². The van der Waals surface area contributed by atoms with E-state index in [1.165, 1.54) is 4.90 Å². The van der Waals surface area contributed by atoms with Gasteiger partial charge in [-0.25, -0.2) is 18.2 Å². The topological polar surface area (TPSA) is 182 Å². The molecule has 0 radical (unpaired) electrons. The van der Waals surface area contributed by atoms with Crippen LogP contribution >= 0.6 is 0 Å². The zero-order valence-electron chi connectivity index (χ0n) is 32.8. The molecule has 4 amide bonds. The quantitative estimate of drug-likeness (QED) is 0.316. The summed E-state index contributed by atoms with van der Waals surface area (Å²) in [6.07, 6.45) is 7.16. The molecule has 0 bridgehead atoms. The number of allylic oxidation sites excluding steroid dienone is 1. The Kier molecular flexibility index (Phi) is 11.2. The Labute approximate surface area is 323 Å². The summed E-state index contributed by atoms with van der Waals surface area (Å²) in [4.78, 5) is 62.3. The molecule has 14 nitrogen and oxygen atoms in total. The second-order valence-corrected chi connectivity index (χ2v) is 19.2. The van der Waals surface area contributed by atoms with Crippen LogP contribution < -0.4 is 24.8 Å². The molecule has 300 valence electrons. The molecule has 6 rings (SSSR count). The van der Waals surface area contributed by atoms with Gasteiger partial charge in [0.25, 0.3) is 5.91 Å². The van der Waals surface area contributed by atoms with Crippen LogP contribution in [0.4, 0.5) is 4.79 Å². The molecule has 7 atom stereocenters. The van der Waals surface area contributed by atoms with Crippen LogP contribution in [0.1, 0.15) is 93.4 Å². The van der Waals surface area contributed by atoms with Crippen LogP contribution in [-0.4, -0.2) is 89.3 Å². The van der Waals surface area contributed by atoms with Gasteiger partial charge in [-0.3, -0.25) is 19.1 Å². The smallest absolute Gasteiger partial charge is 0.408 e. The molecular formula is C40H55N5O9S. The third kappa shape index (κ3) is 8.86. The highest BCUT2D eigenvalue weighted by Crippen LogP contribution is 2.47. The van der Waals surface area contributed by atoms with Crippen LogP contribution in [0.2, 0.25) is 0 Å². The van der Waals surface area contributed by atoms with Crippen molar-refractivity contribution in [2.75, 3.05) is 13.2 Å². The molecule has 15 heteroatoms. The second kappa shape index (κ2) is 15.3. The molecule has 2 saturated carbocycles. The second-order valence-electron chi connectivity index (χ2n) is 17.0. The van der Waals surface area contributed by atoms with E-state index in [0.717, 1.165) is 11.8 Å². The average Bonchev–Trinajstić information content (AvgIpc) is 3.98. The maximum atomic E-state index is 14.8. The van der Waals surface area contributed by atoms with Gasteiger partial charge in [-0.2, -0.15) is 0 Å². The fourth-order valence-electron chi connectivity index (χ4n) is 7.67. The first-order valence-electron chi connectivity index (χ1n) is 19.4. The molecular weight excluding hydrogens is 727 g/mol. The predicted octanol–water partition coefficient (Wildman–Crippen LogP) is 4.76. The van der Waals surface area contributed by atoms with Crippen molar-refractivity contribution in [2.24, 2.45) is 17.8 Å². The molecule has 0 spiro atoms. The molecule has 1 aromatic heterocycles. The molecule has 4 aliphatic rings. The van der Waals surface area contributed by atoms with E-state index in [1.54, 1.807) is 33.9 Å². The Hall–Kier alpha value is -4.40. The maximum absolute atomic E-state index is 14.8. The minimum Gasteiger partial charge on any atom is -0.494 e. The highest BCUT2D eigenvalue weighted by atomic mass is 32.2. The van der Waals surface area contributed by atoms with E-state index in [9.17, 15) is 27.6 Å². The maximum Gasteiger partial charge on any atom is 0.408 e. The van der Waals surface area contributed by atoms with Crippen molar-refractivity contribution >= 4 is 44.6 Å². The number of amides is 4. The molecule has 3 N–H and O–H groups in total. The molecule has 0 unspecified atom stereocenters. The number of ether oxygens (including phenoxy) is 3.